The van der Waals surface area contributed by atoms with Crippen LogP contribution in [0.15, 0.2) is 22.7 Å². The van der Waals surface area contributed by atoms with Crippen LogP contribution in [0.3, 0.4) is 0 Å². The fourth-order valence-electron chi connectivity index (χ4n) is 1.54. The van der Waals surface area contributed by atoms with E-state index in [1.807, 2.05) is 6.07 Å². The van der Waals surface area contributed by atoms with Crippen molar-refractivity contribution >= 4 is 21.6 Å². The van der Waals surface area contributed by atoms with Crippen LogP contribution in [0.5, 0.6) is 0 Å². The molecular weight excluding hydrogens is 257 g/mol. The molecule has 0 heterocycles. The van der Waals surface area contributed by atoms with Crippen molar-refractivity contribution in [3.05, 3.63) is 28.5 Å². The Kier molecular flexibility index (Phi) is 4.58. The van der Waals surface area contributed by atoms with Crippen molar-refractivity contribution in [3.63, 3.8) is 0 Å². The highest BCUT2D eigenvalue weighted by Crippen LogP contribution is 2.21. The second-order valence-corrected chi connectivity index (χ2v) is 4.89. The van der Waals surface area contributed by atoms with Crippen LogP contribution < -0.4 is 5.32 Å². The zero-order chi connectivity index (χ0) is 11.4. The van der Waals surface area contributed by atoms with Gasteiger partial charge < -0.3 is 5.32 Å². The Morgan fingerprint density at radius 1 is 1.40 bits per heavy atom. The van der Waals surface area contributed by atoms with Gasteiger partial charge in [-0.2, -0.15) is 0 Å². The average molecular weight is 274 g/mol. The highest BCUT2D eigenvalue weighted by Gasteiger charge is 2.11. The third-order valence-corrected chi connectivity index (χ3v) is 3.16. The number of rotatable bonds is 4. The first-order valence-corrected chi connectivity index (χ1v) is 6.05. The van der Waals surface area contributed by atoms with Gasteiger partial charge in [0, 0.05) is 11.7 Å². The molecule has 1 unspecified atom stereocenters. The van der Waals surface area contributed by atoms with Crippen LogP contribution in [0.4, 0.5) is 10.1 Å². The number of hydrogen-bond donors (Lipinski definition) is 1. The van der Waals surface area contributed by atoms with Gasteiger partial charge in [-0.15, -0.1) is 0 Å². The Morgan fingerprint density at radius 2 is 2.07 bits per heavy atom. The van der Waals surface area contributed by atoms with Crippen LogP contribution in [-0.4, -0.2) is 6.04 Å². The lowest BCUT2D eigenvalue weighted by atomic mass is 10.0. The summed E-state index contributed by atoms with van der Waals surface area (Å²) in [6.07, 6.45) is 1.04. The SMILES string of the molecule is CCC(Nc1ccc(Br)c(F)c1)C(C)C. The summed E-state index contributed by atoms with van der Waals surface area (Å²) in [4.78, 5) is 0. The lowest BCUT2D eigenvalue weighted by Crippen LogP contribution is -2.24. The van der Waals surface area contributed by atoms with Crippen LogP contribution >= 0.6 is 15.9 Å². The smallest absolute Gasteiger partial charge is 0.139 e. The molecule has 0 saturated carbocycles. The van der Waals surface area contributed by atoms with Gasteiger partial charge in [-0.25, -0.2) is 4.39 Å². The Labute approximate surface area is 99.2 Å². The Morgan fingerprint density at radius 3 is 2.53 bits per heavy atom. The summed E-state index contributed by atoms with van der Waals surface area (Å²) in [6.45, 7) is 6.46. The summed E-state index contributed by atoms with van der Waals surface area (Å²) in [5.41, 5.74) is 0.844. The highest BCUT2D eigenvalue weighted by atomic mass is 79.9. The van der Waals surface area contributed by atoms with Gasteiger partial charge in [-0.3, -0.25) is 0 Å². The minimum absolute atomic E-state index is 0.224. The number of hydrogen-bond acceptors (Lipinski definition) is 1. The third kappa shape index (κ3) is 3.49. The first kappa shape index (κ1) is 12.5. The van der Waals surface area contributed by atoms with E-state index >= 15 is 0 Å². The van der Waals surface area contributed by atoms with Crippen molar-refractivity contribution in [2.75, 3.05) is 5.32 Å². The number of halogens is 2. The number of anilines is 1. The zero-order valence-corrected chi connectivity index (χ0v) is 10.9. The van der Waals surface area contributed by atoms with Gasteiger partial charge in [-0.1, -0.05) is 20.8 Å². The molecule has 0 aromatic heterocycles. The molecule has 0 spiro atoms. The fourth-order valence-corrected chi connectivity index (χ4v) is 1.79. The highest BCUT2D eigenvalue weighted by molar-refractivity contribution is 9.10. The molecule has 1 rings (SSSR count). The van der Waals surface area contributed by atoms with E-state index in [1.54, 1.807) is 6.07 Å². The van der Waals surface area contributed by atoms with Crippen molar-refractivity contribution in [2.24, 2.45) is 5.92 Å². The van der Waals surface area contributed by atoms with E-state index in [-0.39, 0.29) is 5.82 Å². The normalized spacial score (nSPS) is 12.9. The molecule has 3 heteroatoms. The summed E-state index contributed by atoms with van der Waals surface area (Å²) in [7, 11) is 0. The van der Waals surface area contributed by atoms with Gasteiger partial charge in [-0.05, 0) is 46.5 Å². The molecule has 1 atom stereocenters. The second-order valence-electron chi connectivity index (χ2n) is 4.03. The molecule has 1 N–H and O–H groups in total. The van der Waals surface area contributed by atoms with Gasteiger partial charge in [0.2, 0.25) is 0 Å². The van der Waals surface area contributed by atoms with E-state index in [1.165, 1.54) is 6.07 Å². The predicted octanol–water partition coefficient (Wildman–Crippen LogP) is 4.43. The minimum Gasteiger partial charge on any atom is -0.382 e. The van der Waals surface area contributed by atoms with Crippen molar-refractivity contribution in [3.8, 4) is 0 Å². The van der Waals surface area contributed by atoms with Crippen LogP contribution in [0.2, 0.25) is 0 Å². The topological polar surface area (TPSA) is 12.0 Å². The summed E-state index contributed by atoms with van der Waals surface area (Å²) >= 11 is 3.14. The summed E-state index contributed by atoms with van der Waals surface area (Å²) in [5, 5.41) is 3.34. The van der Waals surface area contributed by atoms with E-state index in [9.17, 15) is 4.39 Å². The summed E-state index contributed by atoms with van der Waals surface area (Å²) in [5.74, 6) is 0.320. The molecule has 0 saturated heterocycles. The molecule has 1 aromatic carbocycles. The van der Waals surface area contributed by atoms with Crippen LogP contribution in [-0.2, 0) is 0 Å². The molecule has 1 aromatic rings. The van der Waals surface area contributed by atoms with Gasteiger partial charge in [0.1, 0.15) is 5.82 Å². The van der Waals surface area contributed by atoms with Crippen molar-refractivity contribution in [1.29, 1.82) is 0 Å². The van der Waals surface area contributed by atoms with Gasteiger partial charge in [0.05, 0.1) is 4.47 Å². The molecule has 0 aliphatic heterocycles. The van der Waals surface area contributed by atoms with Crippen molar-refractivity contribution < 1.29 is 4.39 Å². The van der Waals surface area contributed by atoms with Gasteiger partial charge in [0.25, 0.3) is 0 Å². The maximum atomic E-state index is 13.2. The third-order valence-electron chi connectivity index (χ3n) is 2.52. The Hall–Kier alpha value is -0.570. The monoisotopic (exact) mass is 273 g/mol. The molecular formula is C12H17BrFN. The predicted molar refractivity (Wildman–Crippen MR) is 66.6 cm³/mol. The van der Waals surface area contributed by atoms with E-state index in [0.29, 0.717) is 16.4 Å². The molecule has 84 valence electrons. The summed E-state index contributed by atoms with van der Waals surface area (Å²) < 4.78 is 13.8. The molecule has 15 heavy (non-hydrogen) atoms. The van der Waals surface area contributed by atoms with E-state index in [0.717, 1.165) is 12.1 Å². The molecule has 0 amide bonds. The molecule has 0 radical (unpaired) electrons. The first-order chi connectivity index (χ1) is 7.04. The standard InChI is InChI=1S/C12H17BrFN/c1-4-12(8(2)3)15-9-5-6-10(13)11(14)7-9/h5-8,12,15H,4H2,1-3H3. The fraction of sp³-hybridized carbons (Fsp3) is 0.500. The van der Waals surface area contributed by atoms with Crippen LogP contribution in [0.1, 0.15) is 27.2 Å². The number of nitrogens with one attached hydrogen (secondary N) is 1. The maximum Gasteiger partial charge on any atom is 0.139 e. The lowest BCUT2D eigenvalue weighted by molar-refractivity contribution is 0.510. The molecule has 0 fully saturated rings. The van der Waals surface area contributed by atoms with E-state index < -0.39 is 0 Å². The van der Waals surface area contributed by atoms with Crippen LogP contribution in [0, 0.1) is 11.7 Å². The van der Waals surface area contributed by atoms with Crippen LogP contribution in [0.25, 0.3) is 0 Å². The lowest BCUT2D eigenvalue weighted by Gasteiger charge is -2.22. The average Bonchev–Trinajstić information content (AvgIpc) is 2.19. The molecule has 0 bridgehead atoms. The molecule has 0 aliphatic carbocycles. The van der Waals surface area contributed by atoms with E-state index in [4.69, 9.17) is 0 Å². The first-order valence-electron chi connectivity index (χ1n) is 5.26. The Balaban J connectivity index is 2.75. The maximum absolute atomic E-state index is 13.2. The summed E-state index contributed by atoms with van der Waals surface area (Å²) in [6, 6.07) is 5.53. The van der Waals surface area contributed by atoms with Crippen molar-refractivity contribution in [1.82, 2.24) is 0 Å². The van der Waals surface area contributed by atoms with Gasteiger partial charge >= 0.3 is 0 Å². The minimum atomic E-state index is -0.224. The largest absolute Gasteiger partial charge is 0.382 e. The van der Waals surface area contributed by atoms with Crippen molar-refractivity contribution in [2.45, 2.75) is 33.2 Å². The van der Waals surface area contributed by atoms with E-state index in [2.05, 4.69) is 42.0 Å². The van der Waals surface area contributed by atoms with Gasteiger partial charge in [0.15, 0.2) is 0 Å². The molecule has 1 nitrogen and oxygen atoms in total. The number of benzene rings is 1. The zero-order valence-electron chi connectivity index (χ0n) is 9.35. The second kappa shape index (κ2) is 5.50. The Bertz CT molecular complexity index is 325. The quantitative estimate of drug-likeness (QED) is 0.856. The molecule has 0 aliphatic rings.